The number of carbonyl (C=O) groups excluding carboxylic acids is 3. The third-order valence-electron chi connectivity index (χ3n) is 3.13. The van der Waals surface area contributed by atoms with Crippen LogP contribution >= 0.6 is 11.8 Å². The molecule has 1 aliphatic rings. The quantitative estimate of drug-likeness (QED) is 0.574. The molecule has 0 unspecified atom stereocenters. The molecular formula is C16H17NO6S. The van der Waals surface area contributed by atoms with Crippen LogP contribution in [0.1, 0.15) is 12.5 Å². The molecule has 8 heteroatoms. The Kier molecular flexibility index (Phi) is 5.86. The first-order valence-electron chi connectivity index (χ1n) is 7.14. The number of thioether (sulfide) groups is 1. The normalized spacial score (nSPS) is 15.8. The average Bonchev–Trinajstić information content (AvgIpc) is 2.81. The molecule has 0 bridgehead atoms. The fraction of sp³-hybridized carbons (Fsp3) is 0.312. The third-order valence-corrected chi connectivity index (χ3v) is 4.09. The van der Waals surface area contributed by atoms with Gasteiger partial charge in [0.05, 0.1) is 18.6 Å². The van der Waals surface area contributed by atoms with Gasteiger partial charge >= 0.3 is 5.97 Å². The number of esters is 1. The highest BCUT2D eigenvalue weighted by atomic mass is 32.2. The zero-order valence-corrected chi connectivity index (χ0v) is 14.3. The molecule has 0 radical (unpaired) electrons. The molecule has 0 aromatic heterocycles. The third kappa shape index (κ3) is 4.08. The van der Waals surface area contributed by atoms with Gasteiger partial charge in [0.1, 0.15) is 0 Å². The van der Waals surface area contributed by atoms with Gasteiger partial charge in [-0.05, 0) is 42.5 Å². The van der Waals surface area contributed by atoms with Crippen LogP contribution in [0.25, 0.3) is 6.08 Å². The Balaban J connectivity index is 2.23. The lowest BCUT2D eigenvalue weighted by atomic mass is 10.2. The van der Waals surface area contributed by atoms with Crippen molar-refractivity contribution >= 4 is 35.0 Å². The molecule has 2 amide bonds. The molecule has 1 fully saturated rings. The van der Waals surface area contributed by atoms with Crippen molar-refractivity contribution in [2.24, 2.45) is 0 Å². The number of imide groups is 1. The van der Waals surface area contributed by atoms with E-state index in [2.05, 4.69) is 4.74 Å². The van der Waals surface area contributed by atoms with Crippen molar-refractivity contribution in [3.63, 3.8) is 0 Å². The van der Waals surface area contributed by atoms with Crippen LogP contribution in [0.4, 0.5) is 4.79 Å². The Morgan fingerprint density at radius 2 is 2.00 bits per heavy atom. The summed E-state index contributed by atoms with van der Waals surface area (Å²) in [7, 11) is 2.72. The molecule has 1 aliphatic heterocycles. The Morgan fingerprint density at radius 1 is 1.25 bits per heavy atom. The van der Waals surface area contributed by atoms with Crippen LogP contribution in [0.15, 0.2) is 23.1 Å². The van der Waals surface area contributed by atoms with Crippen molar-refractivity contribution in [3.05, 3.63) is 28.7 Å². The predicted molar refractivity (Wildman–Crippen MR) is 88.9 cm³/mol. The van der Waals surface area contributed by atoms with Crippen LogP contribution in [0.3, 0.4) is 0 Å². The van der Waals surface area contributed by atoms with E-state index in [1.807, 2.05) is 6.92 Å². The van der Waals surface area contributed by atoms with E-state index in [1.54, 1.807) is 24.3 Å². The highest BCUT2D eigenvalue weighted by molar-refractivity contribution is 8.18. The second-order valence-corrected chi connectivity index (χ2v) is 5.74. The molecule has 0 saturated carbocycles. The summed E-state index contributed by atoms with van der Waals surface area (Å²) in [6.45, 7) is 1.99. The highest BCUT2D eigenvalue weighted by Gasteiger charge is 2.31. The summed E-state index contributed by atoms with van der Waals surface area (Å²) in [4.78, 5) is 36.0. The van der Waals surface area contributed by atoms with E-state index in [0.717, 1.165) is 16.7 Å². The largest absolute Gasteiger partial charge is 0.490 e. The van der Waals surface area contributed by atoms with Crippen molar-refractivity contribution in [2.75, 3.05) is 27.4 Å². The molecule has 1 aromatic carbocycles. The molecule has 0 atom stereocenters. The number of hydrogen-bond donors (Lipinski definition) is 0. The Morgan fingerprint density at radius 3 is 2.58 bits per heavy atom. The monoisotopic (exact) mass is 351 g/mol. The van der Waals surface area contributed by atoms with Crippen molar-refractivity contribution in [3.8, 4) is 11.5 Å². The topological polar surface area (TPSA) is 82.1 Å². The zero-order valence-electron chi connectivity index (χ0n) is 13.5. The molecular weight excluding hydrogens is 334 g/mol. The van der Waals surface area contributed by atoms with Crippen molar-refractivity contribution < 1.29 is 28.6 Å². The molecule has 0 spiro atoms. The SMILES string of the molecule is CCOc1cc(/C=C2/SC(=O)N(C)C2=O)ccc1OCC(=O)OC. The van der Waals surface area contributed by atoms with E-state index in [4.69, 9.17) is 9.47 Å². The first kappa shape index (κ1) is 17.9. The number of benzene rings is 1. The van der Waals surface area contributed by atoms with E-state index in [9.17, 15) is 14.4 Å². The maximum atomic E-state index is 11.9. The standard InChI is InChI=1S/C16H17NO6S/c1-4-22-12-7-10(5-6-11(12)23-9-14(18)21-3)8-13-15(19)17(2)16(20)24-13/h5-8H,4,9H2,1-3H3/b13-8+. The highest BCUT2D eigenvalue weighted by Crippen LogP contribution is 2.34. The number of amides is 2. The van der Waals surface area contributed by atoms with Gasteiger partial charge in [0.25, 0.3) is 11.1 Å². The summed E-state index contributed by atoms with van der Waals surface area (Å²) >= 11 is 0.882. The van der Waals surface area contributed by atoms with Crippen molar-refractivity contribution in [1.82, 2.24) is 4.90 Å². The molecule has 1 aromatic rings. The van der Waals surface area contributed by atoms with Crippen LogP contribution in [0.5, 0.6) is 11.5 Å². The first-order valence-corrected chi connectivity index (χ1v) is 7.96. The van der Waals surface area contributed by atoms with Crippen LogP contribution in [0.2, 0.25) is 0 Å². The van der Waals surface area contributed by atoms with Crippen LogP contribution < -0.4 is 9.47 Å². The van der Waals surface area contributed by atoms with Gasteiger partial charge in [0.15, 0.2) is 18.1 Å². The Hall–Kier alpha value is -2.48. The van der Waals surface area contributed by atoms with Crippen LogP contribution in [-0.2, 0) is 14.3 Å². The number of carbonyl (C=O) groups is 3. The maximum absolute atomic E-state index is 11.9. The van der Waals surface area contributed by atoms with Gasteiger partial charge < -0.3 is 14.2 Å². The van der Waals surface area contributed by atoms with Gasteiger partial charge in [0.2, 0.25) is 0 Å². The summed E-state index contributed by atoms with van der Waals surface area (Å²) in [5, 5.41) is -0.311. The maximum Gasteiger partial charge on any atom is 0.343 e. The van der Waals surface area contributed by atoms with Crippen LogP contribution in [0, 0.1) is 0 Å². The summed E-state index contributed by atoms with van der Waals surface area (Å²) < 4.78 is 15.4. The number of ether oxygens (including phenoxy) is 3. The molecule has 7 nitrogen and oxygen atoms in total. The minimum Gasteiger partial charge on any atom is -0.490 e. The predicted octanol–water partition coefficient (Wildman–Crippen LogP) is 2.30. The molecule has 2 rings (SSSR count). The summed E-state index contributed by atoms with van der Waals surface area (Å²) in [5.41, 5.74) is 0.683. The molecule has 0 aliphatic carbocycles. The minimum atomic E-state index is -0.502. The van der Waals surface area contributed by atoms with E-state index < -0.39 is 5.97 Å². The molecule has 24 heavy (non-hydrogen) atoms. The zero-order chi connectivity index (χ0) is 17.7. The molecule has 1 heterocycles. The number of methoxy groups -OCH3 is 1. The fourth-order valence-electron chi connectivity index (χ4n) is 1.89. The number of hydrogen-bond acceptors (Lipinski definition) is 7. The number of rotatable bonds is 6. The van der Waals surface area contributed by atoms with E-state index >= 15 is 0 Å². The van der Waals surface area contributed by atoms with Gasteiger partial charge in [-0.1, -0.05) is 6.07 Å². The van der Waals surface area contributed by atoms with E-state index in [1.165, 1.54) is 14.2 Å². The van der Waals surface area contributed by atoms with Gasteiger partial charge in [-0.2, -0.15) is 0 Å². The second kappa shape index (κ2) is 7.87. The van der Waals surface area contributed by atoms with E-state index in [-0.39, 0.29) is 17.8 Å². The lowest BCUT2D eigenvalue weighted by Crippen LogP contribution is -2.22. The number of nitrogens with zero attached hydrogens (tertiary/aromatic N) is 1. The molecule has 1 saturated heterocycles. The van der Waals surface area contributed by atoms with Gasteiger partial charge in [-0.15, -0.1) is 0 Å². The van der Waals surface area contributed by atoms with Crippen molar-refractivity contribution in [1.29, 1.82) is 0 Å². The molecule has 128 valence electrons. The fourth-order valence-corrected chi connectivity index (χ4v) is 2.72. The summed E-state index contributed by atoms with van der Waals surface area (Å²) in [6.07, 6.45) is 1.61. The van der Waals surface area contributed by atoms with Crippen molar-refractivity contribution in [2.45, 2.75) is 6.92 Å². The average molecular weight is 351 g/mol. The van der Waals surface area contributed by atoms with Gasteiger partial charge in [-0.3, -0.25) is 14.5 Å². The van der Waals surface area contributed by atoms with E-state index in [0.29, 0.717) is 28.6 Å². The first-order chi connectivity index (χ1) is 11.5. The summed E-state index contributed by atoms with van der Waals surface area (Å²) in [5.74, 6) is -0.0130. The lowest BCUT2D eigenvalue weighted by Gasteiger charge is -2.12. The number of likely N-dealkylation sites (N-methyl/N-ethyl adjacent to an activating group) is 1. The van der Waals surface area contributed by atoms with Gasteiger partial charge in [0, 0.05) is 7.05 Å². The van der Waals surface area contributed by atoms with Gasteiger partial charge in [-0.25, -0.2) is 4.79 Å². The Bertz CT molecular complexity index is 700. The van der Waals surface area contributed by atoms with Crippen LogP contribution in [-0.4, -0.2) is 49.4 Å². The minimum absolute atomic E-state index is 0.232. The molecule has 0 N–H and O–H groups in total. The second-order valence-electron chi connectivity index (χ2n) is 4.74. The smallest absolute Gasteiger partial charge is 0.343 e. The Labute approximate surface area is 143 Å². The lowest BCUT2D eigenvalue weighted by molar-refractivity contribution is -0.142. The summed E-state index contributed by atoms with van der Waals surface area (Å²) in [6, 6.07) is 5.02.